The van der Waals surface area contributed by atoms with Crippen molar-refractivity contribution < 1.29 is 51.4 Å². The van der Waals surface area contributed by atoms with Gasteiger partial charge in [0.1, 0.15) is 5.75 Å². The molecule has 16 heavy (non-hydrogen) atoms. The topological polar surface area (TPSA) is 75.7 Å². The third-order valence-corrected chi connectivity index (χ3v) is 2.35. The summed E-state index contributed by atoms with van der Waals surface area (Å²) in [6.45, 7) is 1.48. The van der Waals surface area contributed by atoms with Crippen molar-refractivity contribution >= 4 is 10.4 Å². The van der Waals surface area contributed by atoms with Crippen LogP contribution in [0.4, 0.5) is 0 Å². The molecular weight excluding hydrogens is 243 g/mol. The Kier molecular flexibility index (Phi) is 6.54. The van der Waals surface area contributed by atoms with E-state index in [0.29, 0.717) is 11.3 Å². The van der Waals surface area contributed by atoms with Gasteiger partial charge < -0.3 is 9.29 Å². The maximum Gasteiger partial charge on any atom is 1.00 e. The van der Waals surface area contributed by atoms with Crippen LogP contribution in [0.25, 0.3) is 0 Å². The molecule has 1 aromatic carbocycles. The Morgan fingerprint density at radius 1 is 1.38 bits per heavy atom. The van der Waals surface area contributed by atoms with Crippen molar-refractivity contribution in [3.63, 3.8) is 0 Å². The van der Waals surface area contributed by atoms with E-state index in [1.165, 1.54) is 14.0 Å². The van der Waals surface area contributed by atoms with Crippen LogP contribution < -0.4 is 34.3 Å². The average Bonchev–Trinajstić information content (AvgIpc) is 2.15. The largest absolute Gasteiger partial charge is 1.00 e. The SMILES string of the molecule is COc1cccc([C@@H](C)OS(=O)(=O)[O-])c1.[Na+]. The van der Waals surface area contributed by atoms with E-state index in [4.69, 9.17) is 4.74 Å². The smallest absolute Gasteiger partial charge is 0.726 e. The average molecular weight is 254 g/mol. The van der Waals surface area contributed by atoms with Crippen LogP contribution in [0.3, 0.4) is 0 Å². The Morgan fingerprint density at radius 2 is 2.00 bits per heavy atom. The van der Waals surface area contributed by atoms with Crippen molar-refractivity contribution in [2.75, 3.05) is 7.11 Å². The molecule has 0 saturated heterocycles. The minimum Gasteiger partial charge on any atom is -0.726 e. The third kappa shape index (κ3) is 5.29. The molecule has 0 aliphatic carbocycles. The molecule has 0 radical (unpaired) electrons. The van der Waals surface area contributed by atoms with Crippen molar-refractivity contribution in [1.82, 2.24) is 0 Å². The zero-order valence-corrected chi connectivity index (χ0v) is 12.2. The standard InChI is InChI=1S/C9H12O5S.Na/c1-7(14-15(10,11)12)8-4-3-5-9(6-8)13-2;/h3-7H,1-2H3,(H,10,11,12);/q;+1/p-1/t7-;/m1./s1. The summed E-state index contributed by atoms with van der Waals surface area (Å²) in [5, 5.41) is 0. The first-order chi connectivity index (χ1) is 6.92. The molecule has 1 aromatic rings. The zero-order valence-electron chi connectivity index (χ0n) is 9.34. The third-order valence-electron chi connectivity index (χ3n) is 1.83. The van der Waals surface area contributed by atoms with Gasteiger partial charge in [-0.1, -0.05) is 12.1 Å². The van der Waals surface area contributed by atoms with Crippen molar-refractivity contribution in [2.24, 2.45) is 0 Å². The van der Waals surface area contributed by atoms with Crippen LogP contribution in [-0.2, 0) is 14.6 Å². The van der Waals surface area contributed by atoms with E-state index in [9.17, 15) is 13.0 Å². The Balaban J connectivity index is 0.00000225. The summed E-state index contributed by atoms with van der Waals surface area (Å²) < 4.78 is 40.3. The van der Waals surface area contributed by atoms with Gasteiger partial charge in [-0.3, -0.25) is 4.18 Å². The first-order valence-corrected chi connectivity index (χ1v) is 5.54. The minimum atomic E-state index is -4.68. The van der Waals surface area contributed by atoms with Crippen molar-refractivity contribution in [2.45, 2.75) is 13.0 Å². The molecule has 0 aliphatic rings. The fourth-order valence-electron chi connectivity index (χ4n) is 1.13. The molecule has 0 heterocycles. The van der Waals surface area contributed by atoms with Crippen LogP contribution in [0, 0.1) is 0 Å². The fraction of sp³-hybridized carbons (Fsp3) is 0.333. The van der Waals surface area contributed by atoms with Gasteiger partial charge in [0.25, 0.3) is 0 Å². The van der Waals surface area contributed by atoms with Crippen molar-refractivity contribution in [3.05, 3.63) is 29.8 Å². The molecule has 1 rings (SSSR count). The Hall–Kier alpha value is -0.110. The molecule has 0 N–H and O–H groups in total. The number of rotatable bonds is 4. The molecule has 0 spiro atoms. The number of methoxy groups -OCH3 is 1. The second-order valence-corrected chi connectivity index (χ2v) is 3.93. The van der Waals surface area contributed by atoms with Gasteiger partial charge in [-0.15, -0.1) is 0 Å². The number of benzene rings is 1. The quantitative estimate of drug-likeness (QED) is 0.361. The second kappa shape index (κ2) is 6.58. The van der Waals surface area contributed by atoms with Crippen LogP contribution in [0.15, 0.2) is 24.3 Å². The molecule has 84 valence electrons. The van der Waals surface area contributed by atoms with Crippen molar-refractivity contribution in [3.8, 4) is 5.75 Å². The first kappa shape index (κ1) is 15.9. The first-order valence-electron chi connectivity index (χ1n) is 4.20. The Labute approximate surface area is 117 Å². The van der Waals surface area contributed by atoms with Crippen LogP contribution in [0.5, 0.6) is 5.75 Å². The van der Waals surface area contributed by atoms with E-state index in [-0.39, 0.29) is 29.6 Å². The molecule has 0 fully saturated rings. The summed E-state index contributed by atoms with van der Waals surface area (Å²) in [4.78, 5) is 0. The van der Waals surface area contributed by atoms with E-state index < -0.39 is 16.5 Å². The van der Waals surface area contributed by atoms with Crippen LogP contribution >= 0.6 is 0 Å². The summed E-state index contributed by atoms with van der Waals surface area (Å²) in [6.07, 6.45) is -0.817. The van der Waals surface area contributed by atoms with Gasteiger partial charge in [0.2, 0.25) is 10.4 Å². The fourth-order valence-corrected chi connectivity index (χ4v) is 1.59. The van der Waals surface area contributed by atoms with Gasteiger partial charge in [0.15, 0.2) is 0 Å². The van der Waals surface area contributed by atoms with Gasteiger partial charge in [0, 0.05) is 0 Å². The zero-order chi connectivity index (χ0) is 11.5. The molecule has 0 saturated carbocycles. The molecule has 0 unspecified atom stereocenters. The van der Waals surface area contributed by atoms with Gasteiger partial charge >= 0.3 is 29.6 Å². The van der Waals surface area contributed by atoms with E-state index in [2.05, 4.69) is 4.18 Å². The predicted octanol–water partition coefficient (Wildman–Crippen LogP) is -1.76. The predicted molar refractivity (Wildman–Crippen MR) is 52.2 cm³/mol. The molecule has 1 atom stereocenters. The maximum atomic E-state index is 10.4. The summed E-state index contributed by atoms with van der Waals surface area (Å²) in [5.74, 6) is 0.575. The molecular formula is C9H11NaO5S. The van der Waals surface area contributed by atoms with Gasteiger partial charge in [-0.2, -0.15) is 0 Å². The van der Waals surface area contributed by atoms with E-state index in [0.717, 1.165) is 0 Å². The van der Waals surface area contributed by atoms with Crippen LogP contribution in [0.1, 0.15) is 18.6 Å². The van der Waals surface area contributed by atoms with Gasteiger partial charge in [-0.25, -0.2) is 8.42 Å². The summed E-state index contributed by atoms with van der Waals surface area (Å²) in [7, 11) is -3.19. The van der Waals surface area contributed by atoms with Gasteiger partial charge in [-0.05, 0) is 24.6 Å². The monoisotopic (exact) mass is 254 g/mol. The molecule has 0 aromatic heterocycles. The molecule has 0 bridgehead atoms. The van der Waals surface area contributed by atoms with Crippen molar-refractivity contribution in [1.29, 1.82) is 0 Å². The van der Waals surface area contributed by atoms with Crippen LogP contribution in [0.2, 0.25) is 0 Å². The van der Waals surface area contributed by atoms with E-state index in [1.54, 1.807) is 24.3 Å². The van der Waals surface area contributed by atoms with Crippen LogP contribution in [-0.4, -0.2) is 20.1 Å². The van der Waals surface area contributed by atoms with Gasteiger partial charge in [0.05, 0.1) is 13.2 Å². The Morgan fingerprint density at radius 3 is 2.50 bits per heavy atom. The number of hydrogen-bond acceptors (Lipinski definition) is 5. The molecule has 0 aliphatic heterocycles. The van der Waals surface area contributed by atoms with E-state index in [1.807, 2.05) is 0 Å². The second-order valence-electron chi connectivity index (χ2n) is 2.92. The Bertz CT molecular complexity index is 431. The number of hydrogen-bond donors (Lipinski definition) is 0. The number of ether oxygens (including phenoxy) is 1. The minimum absolute atomic E-state index is 0. The summed E-state index contributed by atoms with van der Waals surface area (Å²) >= 11 is 0. The van der Waals surface area contributed by atoms with E-state index >= 15 is 0 Å². The normalized spacial score (nSPS) is 12.7. The molecule has 0 amide bonds. The molecule has 7 heteroatoms. The summed E-state index contributed by atoms with van der Waals surface area (Å²) in [6, 6.07) is 6.65. The molecule has 5 nitrogen and oxygen atoms in total. The summed E-state index contributed by atoms with van der Waals surface area (Å²) in [5.41, 5.74) is 0.564. The maximum absolute atomic E-state index is 10.4.